The van der Waals surface area contributed by atoms with Crippen molar-refractivity contribution in [2.45, 2.75) is 6.36 Å². The van der Waals surface area contributed by atoms with Gasteiger partial charge in [0.05, 0.1) is 0 Å². The molecular formula is CH2F3O3PS. The van der Waals surface area contributed by atoms with E-state index in [2.05, 4.69) is 4.18 Å². The summed E-state index contributed by atoms with van der Waals surface area (Å²) in [6, 6.07) is 0. The average molecular weight is 182 g/mol. The molecule has 0 aliphatic heterocycles. The maximum atomic E-state index is 10.9. The van der Waals surface area contributed by atoms with Crippen LogP contribution in [0.2, 0.25) is 0 Å². The molecule has 3 nitrogen and oxygen atoms in total. The van der Waals surface area contributed by atoms with E-state index in [-0.39, 0.29) is 0 Å². The van der Waals surface area contributed by atoms with Crippen LogP contribution in [0.4, 0.5) is 13.2 Å². The second kappa shape index (κ2) is 2.40. The monoisotopic (exact) mass is 182 g/mol. The molecule has 0 N–H and O–H groups in total. The summed E-state index contributed by atoms with van der Waals surface area (Å²) in [4.78, 5) is 0. The Labute approximate surface area is 51.3 Å². The van der Waals surface area contributed by atoms with Crippen molar-refractivity contribution in [1.29, 1.82) is 0 Å². The van der Waals surface area contributed by atoms with Crippen molar-refractivity contribution in [3.63, 3.8) is 0 Å². The lowest BCUT2D eigenvalue weighted by molar-refractivity contribution is -0.270. The minimum absolute atomic E-state index is 0.909. The van der Waals surface area contributed by atoms with Crippen LogP contribution < -0.4 is 0 Å². The zero-order valence-corrected chi connectivity index (χ0v) is 5.82. The van der Waals surface area contributed by atoms with Gasteiger partial charge in [-0.05, 0) is 0 Å². The molecule has 0 aromatic carbocycles. The zero-order chi connectivity index (χ0) is 7.71. The highest BCUT2D eigenvalue weighted by Crippen LogP contribution is 2.21. The van der Waals surface area contributed by atoms with Crippen molar-refractivity contribution in [3.8, 4) is 0 Å². The zero-order valence-electron chi connectivity index (χ0n) is 3.84. The van der Waals surface area contributed by atoms with Gasteiger partial charge in [0.25, 0.3) is 9.74 Å². The van der Waals surface area contributed by atoms with Gasteiger partial charge in [-0.3, -0.25) is 0 Å². The van der Waals surface area contributed by atoms with Gasteiger partial charge in [-0.25, -0.2) is 0 Å². The van der Waals surface area contributed by atoms with E-state index in [1.165, 1.54) is 0 Å². The van der Waals surface area contributed by atoms with Gasteiger partial charge in [-0.15, -0.1) is 13.2 Å². The third kappa shape index (κ3) is 8.13. The first kappa shape index (κ1) is 9.13. The summed E-state index contributed by atoms with van der Waals surface area (Å²) in [5.41, 5.74) is 0. The molecule has 0 aromatic rings. The van der Waals surface area contributed by atoms with E-state index in [1.807, 2.05) is 0 Å². The summed E-state index contributed by atoms with van der Waals surface area (Å²) in [5, 5.41) is 0. The van der Waals surface area contributed by atoms with Crippen molar-refractivity contribution in [2.24, 2.45) is 0 Å². The minimum Gasteiger partial charge on any atom is -0.196 e. The number of hydrogen-bond donors (Lipinski definition) is 0. The topological polar surface area (TPSA) is 43.4 Å². The highest BCUT2D eigenvalue weighted by atomic mass is 32.7. The van der Waals surface area contributed by atoms with Crippen LogP contribution in [0.1, 0.15) is 0 Å². The van der Waals surface area contributed by atoms with Crippen molar-refractivity contribution < 1.29 is 25.8 Å². The van der Waals surface area contributed by atoms with Crippen molar-refractivity contribution >= 4 is 18.2 Å². The van der Waals surface area contributed by atoms with Crippen LogP contribution in [0.3, 0.4) is 0 Å². The highest BCUT2D eigenvalue weighted by Gasteiger charge is 2.34. The van der Waals surface area contributed by atoms with Crippen LogP contribution in [0.5, 0.6) is 0 Å². The second-order valence-corrected chi connectivity index (χ2v) is 3.91. The molecule has 0 spiro atoms. The lowest BCUT2D eigenvalue weighted by atomic mass is 11.4. The van der Waals surface area contributed by atoms with Crippen LogP contribution >= 0.6 is 8.44 Å². The molecule has 8 heteroatoms. The van der Waals surface area contributed by atoms with Gasteiger partial charge in [0.2, 0.25) is 0 Å². The second-order valence-electron chi connectivity index (χ2n) is 1.02. The Balaban J connectivity index is 4.07. The number of alkyl halides is 3. The lowest BCUT2D eigenvalue weighted by Crippen LogP contribution is -2.15. The first-order valence-corrected chi connectivity index (χ1v) is 4.39. The van der Waals surface area contributed by atoms with Crippen LogP contribution in [0.15, 0.2) is 0 Å². The molecule has 0 radical (unpaired) electrons. The summed E-state index contributed by atoms with van der Waals surface area (Å²) in [7, 11) is -3.58. The van der Waals surface area contributed by atoms with Gasteiger partial charge in [0, 0.05) is 8.44 Å². The molecule has 0 aliphatic carbocycles. The van der Waals surface area contributed by atoms with Crippen molar-refractivity contribution in [1.82, 2.24) is 0 Å². The van der Waals surface area contributed by atoms with E-state index in [4.69, 9.17) is 0 Å². The first-order valence-electron chi connectivity index (χ1n) is 1.51. The number of halogens is 3. The SMILES string of the molecule is O=S(=O)(P)OC(F)(F)F. The minimum atomic E-state index is -5.12. The van der Waals surface area contributed by atoms with Crippen LogP contribution in [-0.2, 0) is 13.9 Å². The Kier molecular flexibility index (Phi) is 2.43. The molecule has 0 saturated heterocycles. The van der Waals surface area contributed by atoms with Crippen molar-refractivity contribution in [2.75, 3.05) is 0 Å². The largest absolute Gasteiger partial charge is 0.537 e. The molecule has 56 valence electrons. The Morgan fingerprint density at radius 2 is 1.67 bits per heavy atom. The summed E-state index contributed by atoms with van der Waals surface area (Å²) in [6.07, 6.45) is -5.12. The standard InChI is InChI=1S/CH2F3O3PS/c2-1(3,4)7-9(5,6)8/h8H2. The Bertz CT molecular complexity index is 180. The third-order valence-electron chi connectivity index (χ3n) is 0.211. The summed E-state index contributed by atoms with van der Waals surface area (Å²) >= 11 is 0. The lowest BCUT2D eigenvalue weighted by Gasteiger charge is -2.01. The molecule has 0 fully saturated rings. The number of hydrogen-bond acceptors (Lipinski definition) is 3. The normalized spacial score (nSPS) is 13.8. The third-order valence-corrected chi connectivity index (χ3v) is 0.921. The van der Waals surface area contributed by atoms with E-state index < -0.39 is 16.1 Å². The maximum absolute atomic E-state index is 10.9. The van der Waals surface area contributed by atoms with Crippen LogP contribution in [-0.4, -0.2) is 14.8 Å². The molecule has 1 unspecified atom stereocenters. The molecule has 1 atom stereocenters. The summed E-state index contributed by atoms with van der Waals surface area (Å²) < 4.78 is 54.7. The van der Waals surface area contributed by atoms with Gasteiger partial charge in [-0.2, -0.15) is 12.6 Å². The van der Waals surface area contributed by atoms with Crippen molar-refractivity contribution in [3.05, 3.63) is 0 Å². The highest BCUT2D eigenvalue weighted by molar-refractivity contribution is 8.34. The Morgan fingerprint density at radius 3 is 1.67 bits per heavy atom. The maximum Gasteiger partial charge on any atom is 0.537 e. The Morgan fingerprint density at radius 1 is 1.33 bits per heavy atom. The molecule has 0 heterocycles. The van der Waals surface area contributed by atoms with Crippen LogP contribution in [0, 0.1) is 0 Å². The first-order chi connectivity index (χ1) is 3.71. The van der Waals surface area contributed by atoms with Gasteiger partial charge < -0.3 is 0 Å². The van der Waals surface area contributed by atoms with Gasteiger partial charge >= 0.3 is 6.36 Å². The van der Waals surface area contributed by atoms with E-state index >= 15 is 0 Å². The predicted molar refractivity (Wildman–Crippen MR) is 25.8 cm³/mol. The van der Waals surface area contributed by atoms with Crippen LogP contribution in [0.25, 0.3) is 0 Å². The quantitative estimate of drug-likeness (QED) is 0.559. The van der Waals surface area contributed by atoms with E-state index in [1.54, 1.807) is 0 Å². The average Bonchev–Trinajstić information content (AvgIpc) is 1.14. The molecule has 0 saturated carbocycles. The van der Waals surface area contributed by atoms with Gasteiger partial charge in [0.1, 0.15) is 0 Å². The molecule has 0 amide bonds. The fourth-order valence-corrected chi connectivity index (χ4v) is 0.722. The van der Waals surface area contributed by atoms with Gasteiger partial charge in [0.15, 0.2) is 0 Å². The molecule has 0 bridgehead atoms. The smallest absolute Gasteiger partial charge is 0.196 e. The number of rotatable bonds is 1. The molecule has 0 rings (SSSR count). The van der Waals surface area contributed by atoms with Gasteiger partial charge in [-0.1, -0.05) is 0 Å². The van der Waals surface area contributed by atoms with E-state index in [0.29, 0.717) is 0 Å². The fraction of sp³-hybridized carbons (Fsp3) is 1.00. The summed E-state index contributed by atoms with van der Waals surface area (Å²) in [5.74, 6) is 0. The fourth-order valence-electron chi connectivity index (χ4n) is 0.132. The molecule has 0 aromatic heterocycles. The summed E-state index contributed by atoms with van der Waals surface area (Å²) in [6.45, 7) is 0. The van der Waals surface area contributed by atoms with E-state index in [0.717, 1.165) is 8.44 Å². The predicted octanol–water partition coefficient (Wildman–Crippen LogP) is 0.643. The molecule has 0 aliphatic rings. The Hall–Kier alpha value is 0.130. The molecular weight excluding hydrogens is 180 g/mol. The van der Waals surface area contributed by atoms with E-state index in [9.17, 15) is 21.6 Å². The molecule has 9 heavy (non-hydrogen) atoms.